The maximum Gasteiger partial charge on any atom is 0.270 e. The standard InChI is InChI=1S/C22H27N3O7S/c1-16(2)15-32-20-8-7-17(13-21(20)31-3)22(26)23-9-11-24(12-10-23)33(29,30)19-6-4-5-18(14-19)25(27)28/h4-8,13-14,16H,9-12,15H2,1-3H3. The molecule has 178 valence electrons. The minimum absolute atomic E-state index is 0.0868. The van der Waals surface area contributed by atoms with Crippen LogP contribution in [0.4, 0.5) is 5.69 Å². The molecule has 33 heavy (non-hydrogen) atoms. The van der Waals surface area contributed by atoms with Crippen LogP contribution < -0.4 is 9.47 Å². The fraction of sp³-hybridized carbons (Fsp3) is 0.409. The molecule has 1 heterocycles. The first-order valence-electron chi connectivity index (χ1n) is 10.5. The number of carbonyl (C=O) groups is 1. The van der Waals surface area contributed by atoms with Gasteiger partial charge in [0.2, 0.25) is 10.0 Å². The maximum atomic E-state index is 13.0. The molecule has 0 aliphatic carbocycles. The van der Waals surface area contributed by atoms with E-state index in [-0.39, 0.29) is 42.7 Å². The number of hydrogen-bond donors (Lipinski definition) is 0. The monoisotopic (exact) mass is 477 g/mol. The van der Waals surface area contributed by atoms with Crippen molar-refractivity contribution in [2.75, 3.05) is 39.9 Å². The zero-order chi connectivity index (χ0) is 24.2. The minimum atomic E-state index is -3.91. The van der Waals surface area contributed by atoms with E-state index in [1.165, 1.54) is 29.6 Å². The number of nitro benzene ring substituents is 1. The number of rotatable bonds is 8. The van der Waals surface area contributed by atoms with Crippen molar-refractivity contribution in [3.63, 3.8) is 0 Å². The highest BCUT2D eigenvalue weighted by atomic mass is 32.2. The molecule has 10 nitrogen and oxygen atoms in total. The number of ether oxygens (including phenoxy) is 2. The molecule has 0 atom stereocenters. The Morgan fingerprint density at radius 1 is 1.09 bits per heavy atom. The van der Waals surface area contributed by atoms with Crippen molar-refractivity contribution >= 4 is 21.6 Å². The van der Waals surface area contributed by atoms with Gasteiger partial charge in [-0.2, -0.15) is 4.31 Å². The van der Waals surface area contributed by atoms with E-state index >= 15 is 0 Å². The highest BCUT2D eigenvalue weighted by Crippen LogP contribution is 2.29. The summed E-state index contributed by atoms with van der Waals surface area (Å²) in [5.41, 5.74) is 0.124. The lowest BCUT2D eigenvalue weighted by Crippen LogP contribution is -2.50. The van der Waals surface area contributed by atoms with Gasteiger partial charge in [0, 0.05) is 43.9 Å². The normalized spacial score (nSPS) is 14.8. The van der Waals surface area contributed by atoms with E-state index in [1.54, 1.807) is 23.1 Å². The van der Waals surface area contributed by atoms with Gasteiger partial charge in [0.05, 0.1) is 23.5 Å². The summed E-state index contributed by atoms with van der Waals surface area (Å²) in [5, 5.41) is 11.0. The quantitative estimate of drug-likeness (QED) is 0.424. The second kappa shape index (κ2) is 10.2. The Labute approximate surface area is 192 Å². The Morgan fingerprint density at radius 2 is 1.79 bits per heavy atom. The minimum Gasteiger partial charge on any atom is -0.493 e. The molecule has 0 saturated carbocycles. The molecule has 1 aliphatic heterocycles. The number of nitrogens with zero attached hydrogens (tertiary/aromatic N) is 3. The summed E-state index contributed by atoms with van der Waals surface area (Å²) in [4.78, 5) is 24.8. The topological polar surface area (TPSA) is 119 Å². The Balaban J connectivity index is 1.68. The van der Waals surface area contributed by atoms with Gasteiger partial charge in [-0.1, -0.05) is 19.9 Å². The van der Waals surface area contributed by atoms with Crippen LogP contribution in [0, 0.1) is 16.0 Å². The fourth-order valence-electron chi connectivity index (χ4n) is 3.40. The molecule has 1 fully saturated rings. The lowest BCUT2D eigenvalue weighted by Gasteiger charge is -2.34. The first kappa shape index (κ1) is 24.5. The zero-order valence-electron chi connectivity index (χ0n) is 18.8. The maximum absolute atomic E-state index is 13.0. The molecular weight excluding hydrogens is 450 g/mol. The van der Waals surface area contributed by atoms with Crippen LogP contribution in [0.2, 0.25) is 0 Å². The Bertz CT molecular complexity index is 1130. The largest absolute Gasteiger partial charge is 0.493 e. The number of benzene rings is 2. The fourth-order valence-corrected chi connectivity index (χ4v) is 4.86. The third kappa shape index (κ3) is 5.60. The second-order valence-electron chi connectivity index (χ2n) is 8.02. The molecule has 1 saturated heterocycles. The van der Waals surface area contributed by atoms with E-state index in [2.05, 4.69) is 0 Å². The Kier molecular flexibility index (Phi) is 7.54. The van der Waals surface area contributed by atoms with Crippen LogP contribution in [0.5, 0.6) is 11.5 Å². The van der Waals surface area contributed by atoms with Crippen molar-refractivity contribution in [3.8, 4) is 11.5 Å². The van der Waals surface area contributed by atoms with Crippen LogP contribution in [-0.4, -0.2) is 68.3 Å². The van der Waals surface area contributed by atoms with E-state index in [1.807, 2.05) is 13.8 Å². The molecule has 0 spiro atoms. The van der Waals surface area contributed by atoms with Gasteiger partial charge in [0.15, 0.2) is 11.5 Å². The molecule has 11 heteroatoms. The van der Waals surface area contributed by atoms with Gasteiger partial charge in [0.25, 0.3) is 11.6 Å². The van der Waals surface area contributed by atoms with E-state index in [0.29, 0.717) is 29.6 Å². The van der Waals surface area contributed by atoms with Crippen LogP contribution >= 0.6 is 0 Å². The first-order valence-corrected chi connectivity index (χ1v) is 11.9. The lowest BCUT2D eigenvalue weighted by atomic mass is 10.1. The molecule has 0 radical (unpaired) electrons. The van der Waals surface area contributed by atoms with Crippen molar-refractivity contribution in [1.82, 2.24) is 9.21 Å². The van der Waals surface area contributed by atoms with Crippen molar-refractivity contribution in [2.45, 2.75) is 18.7 Å². The van der Waals surface area contributed by atoms with Crippen molar-refractivity contribution in [1.29, 1.82) is 0 Å². The number of hydrogen-bond acceptors (Lipinski definition) is 7. The first-order chi connectivity index (χ1) is 15.6. The lowest BCUT2D eigenvalue weighted by molar-refractivity contribution is -0.385. The molecule has 0 unspecified atom stereocenters. The van der Waals surface area contributed by atoms with Crippen LogP contribution in [-0.2, 0) is 10.0 Å². The number of piperazine rings is 1. The molecule has 2 aromatic carbocycles. The van der Waals surface area contributed by atoms with E-state index < -0.39 is 14.9 Å². The predicted octanol–water partition coefficient (Wildman–Crippen LogP) is 2.78. The molecule has 0 N–H and O–H groups in total. The predicted molar refractivity (Wildman–Crippen MR) is 121 cm³/mol. The van der Waals surface area contributed by atoms with Gasteiger partial charge in [-0.05, 0) is 30.2 Å². The highest BCUT2D eigenvalue weighted by molar-refractivity contribution is 7.89. The molecule has 3 rings (SSSR count). The number of amides is 1. The van der Waals surface area contributed by atoms with Gasteiger partial charge in [0.1, 0.15) is 0 Å². The molecular formula is C22H27N3O7S. The van der Waals surface area contributed by atoms with E-state index in [0.717, 1.165) is 6.07 Å². The summed E-state index contributed by atoms with van der Waals surface area (Å²) in [6.45, 7) is 5.14. The molecule has 1 amide bonds. The highest BCUT2D eigenvalue weighted by Gasteiger charge is 2.31. The number of non-ortho nitro benzene ring substituents is 1. The van der Waals surface area contributed by atoms with Crippen molar-refractivity contribution in [3.05, 3.63) is 58.1 Å². The Hall–Kier alpha value is -3.18. The van der Waals surface area contributed by atoms with Crippen LogP contribution in [0.25, 0.3) is 0 Å². The second-order valence-corrected chi connectivity index (χ2v) is 9.96. The third-order valence-electron chi connectivity index (χ3n) is 5.17. The van der Waals surface area contributed by atoms with Gasteiger partial charge >= 0.3 is 0 Å². The summed E-state index contributed by atoms with van der Waals surface area (Å²) >= 11 is 0. The average Bonchev–Trinajstić information content (AvgIpc) is 2.82. The summed E-state index contributed by atoms with van der Waals surface area (Å²) in [7, 11) is -2.40. The molecule has 1 aliphatic rings. The SMILES string of the molecule is COc1cc(C(=O)N2CCN(S(=O)(=O)c3cccc([N+](=O)[O-])c3)CC2)ccc1OCC(C)C. The smallest absolute Gasteiger partial charge is 0.270 e. The summed E-state index contributed by atoms with van der Waals surface area (Å²) in [6, 6.07) is 9.92. The molecule has 0 bridgehead atoms. The van der Waals surface area contributed by atoms with Gasteiger partial charge < -0.3 is 14.4 Å². The zero-order valence-corrected chi connectivity index (χ0v) is 19.6. The summed E-state index contributed by atoms with van der Waals surface area (Å²) in [5.74, 6) is 1.10. The van der Waals surface area contributed by atoms with Gasteiger partial charge in [-0.15, -0.1) is 0 Å². The molecule has 0 aromatic heterocycles. The van der Waals surface area contributed by atoms with Crippen molar-refractivity contribution < 1.29 is 27.6 Å². The molecule has 2 aromatic rings. The van der Waals surface area contributed by atoms with Crippen LogP contribution in [0.15, 0.2) is 47.4 Å². The number of nitro groups is 1. The average molecular weight is 478 g/mol. The Morgan fingerprint density at radius 3 is 2.39 bits per heavy atom. The van der Waals surface area contributed by atoms with Crippen molar-refractivity contribution in [2.24, 2.45) is 5.92 Å². The van der Waals surface area contributed by atoms with Crippen LogP contribution in [0.3, 0.4) is 0 Å². The van der Waals surface area contributed by atoms with E-state index in [4.69, 9.17) is 9.47 Å². The van der Waals surface area contributed by atoms with Gasteiger partial charge in [-0.3, -0.25) is 14.9 Å². The van der Waals surface area contributed by atoms with Gasteiger partial charge in [-0.25, -0.2) is 8.42 Å². The summed E-state index contributed by atoms with van der Waals surface area (Å²) < 4.78 is 38.1. The number of carbonyl (C=O) groups excluding carboxylic acids is 1. The van der Waals surface area contributed by atoms with E-state index in [9.17, 15) is 23.3 Å². The summed E-state index contributed by atoms with van der Waals surface area (Å²) in [6.07, 6.45) is 0. The number of sulfonamides is 1. The van der Waals surface area contributed by atoms with Crippen LogP contribution in [0.1, 0.15) is 24.2 Å². The third-order valence-corrected chi connectivity index (χ3v) is 7.07. The number of methoxy groups -OCH3 is 1.